The van der Waals surface area contributed by atoms with Gasteiger partial charge >= 0.3 is 0 Å². The molecule has 0 aromatic heterocycles. The molecule has 0 saturated heterocycles. The molecule has 70 valence electrons. The molecular formula is C7H6BrFN2O2. The fourth-order valence-corrected chi connectivity index (χ4v) is 1.26. The zero-order chi connectivity index (χ0) is 10.0. The van der Waals surface area contributed by atoms with Crippen LogP contribution >= 0.6 is 15.9 Å². The smallest absolute Gasteiger partial charge is 0.295 e. The number of nitro benzene ring substituents is 1. The minimum atomic E-state index is -0.656. The number of nitrogens with zero attached hydrogens (tertiary/aromatic N) is 1. The van der Waals surface area contributed by atoms with Gasteiger partial charge < -0.3 is 5.32 Å². The SMILES string of the molecule is CNc1c([N+](=O)[O-])ccc(Br)c1F. The third-order valence-corrected chi connectivity index (χ3v) is 2.13. The van der Waals surface area contributed by atoms with Crippen LogP contribution in [-0.2, 0) is 0 Å². The number of hydrogen-bond acceptors (Lipinski definition) is 3. The average molecular weight is 249 g/mol. The highest BCUT2D eigenvalue weighted by Crippen LogP contribution is 2.31. The molecule has 13 heavy (non-hydrogen) atoms. The molecule has 0 saturated carbocycles. The third kappa shape index (κ3) is 1.77. The lowest BCUT2D eigenvalue weighted by atomic mass is 10.2. The molecule has 1 aromatic carbocycles. The molecule has 1 N–H and O–H groups in total. The summed E-state index contributed by atoms with van der Waals surface area (Å²) in [7, 11) is 1.43. The zero-order valence-electron chi connectivity index (χ0n) is 6.67. The van der Waals surface area contributed by atoms with Gasteiger partial charge in [-0.25, -0.2) is 4.39 Å². The predicted octanol–water partition coefficient (Wildman–Crippen LogP) is 2.54. The van der Waals surface area contributed by atoms with Gasteiger partial charge in [-0.3, -0.25) is 10.1 Å². The van der Waals surface area contributed by atoms with Crippen LogP contribution < -0.4 is 5.32 Å². The molecule has 0 aliphatic heterocycles. The molecular weight excluding hydrogens is 243 g/mol. The van der Waals surface area contributed by atoms with E-state index in [1.807, 2.05) is 0 Å². The van der Waals surface area contributed by atoms with Crippen LogP contribution in [0.1, 0.15) is 0 Å². The summed E-state index contributed by atoms with van der Waals surface area (Å²) in [6.45, 7) is 0. The van der Waals surface area contributed by atoms with Crippen molar-refractivity contribution in [3.8, 4) is 0 Å². The minimum absolute atomic E-state index is 0.112. The van der Waals surface area contributed by atoms with Gasteiger partial charge in [-0.15, -0.1) is 0 Å². The van der Waals surface area contributed by atoms with E-state index in [1.54, 1.807) is 0 Å². The van der Waals surface area contributed by atoms with Crippen molar-refractivity contribution in [2.45, 2.75) is 0 Å². The van der Waals surface area contributed by atoms with Crippen molar-refractivity contribution in [1.82, 2.24) is 0 Å². The summed E-state index contributed by atoms with van der Waals surface area (Å²) in [4.78, 5) is 9.79. The van der Waals surface area contributed by atoms with E-state index in [1.165, 1.54) is 19.2 Å². The number of benzene rings is 1. The normalized spacial score (nSPS) is 9.77. The second-order valence-corrected chi connectivity index (χ2v) is 3.12. The lowest BCUT2D eigenvalue weighted by Gasteiger charge is -2.03. The summed E-state index contributed by atoms with van der Waals surface area (Å²) in [6, 6.07) is 2.54. The van der Waals surface area contributed by atoms with Crippen molar-refractivity contribution < 1.29 is 9.31 Å². The van der Waals surface area contributed by atoms with Crippen molar-refractivity contribution in [1.29, 1.82) is 0 Å². The van der Waals surface area contributed by atoms with Gasteiger partial charge in [0.15, 0.2) is 11.5 Å². The minimum Gasteiger partial charge on any atom is -0.380 e. The van der Waals surface area contributed by atoms with Crippen LogP contribution in [0.15, 0.2) is 16.6 Å². The first kappa shape index (κ1) is 9.91. The monoisotopic (exact) mass is 248 g/mol. The highest BCUT2D eigenvalue weighted by Gasteiger charge is 2.18. The highest BCUT2D eigenvalue weighted by molar-refractivity contribution is 9.10. The first-order chi connectivity index (χ1) is 6.07. The molecule has 0 amide bonds. The van der Waals surface area contributed by atoms with Gasteiger partial charge in [0, 0.05) is 13.1 Å². The number of nitrogens with one attached hydrogen (secondary N) is 1. The number of halogens is 2. The molecule has 0 atom stereocenters. The summed E-state index contributed by atoms with van der Waals surface area (Å²) >= 11 is 2.93. The van der Waals surface area contributed by atoms with E-state index in [0.717, 1.165) is 0 Å². The fraction of sp³-hybridized carbons (Fsp3) is 0.143. The Balaban J connectivity index is 3.38. The molecule has 0 aliphatic rings. The first-order valence-corrected chi connectivity index (χ1v) is 4.17. The number of hydrogen-bond donors (Lipinski definition) is 1. The Morgan fingerprint density at radius 3 is 2.69 bits per heavy atom. The molecule has 6 heteroatoms. The molecule has 0 fully saturated rings. The molecule has 4 nitrogen and oxygen atoms in total. The van der Waals surface area contributed by atoms with E-state index in [9.17, 15) is 14.5 Å². The van der Waals surface area contributed by atoms with Crippen molar-refractivity contribution >= 4 is 27.3 Å². The fourth-order valence-electron chi connectivity index (χ4n) is 0.930. The maximum absolute atomic E-state index is 13.2. The molecule has 0 radical (unpaired) electrons. The molecule has 0 heterocycles. The lowest BCUT2D eigenvalue weighted by Crippen LogP contribution is -1.99. The van der Waals surface area contributed by atoms with Crippen LogP contribution in [0.3, 0.4) is 0 Å². The molecule has 1 aromatic rings. The molecule has 1 rings (SSSR count). The predicted molar refractivity (Wildman–Crippen MR) is 50.3 cm³/mol. The Hall–Kier alpha value is -1.17. The van der Waals surface area contributed by atoms with Crippen LogP contribution in [0.4, 0.5) is 15.8 Å². The van der Waals surface area contributed by atoms with E-state index in [0.29, 0.717) is 0 Å². The summed E-state index contributed by atoms with van der Waals surface area (Å²) in [5.41, 5.74) is -0.387. The highest BCUT2D eigenvalue weighted by atomic mass is 79.9. The number of nitro groups is 1. The van der Waals surface area contributed by atoms with E-state index in [-0.39, 0.29) is 15.8 Å². The Bertz CT molecular complexity index is 357. The van der Waals surface area contributed by atoms with E-state index in [2.05, 4.69) is 21.2 Å². The van der Waals surface area contributed by atoms with Gasteiger partial charge in [0.25, 0.3) is 5.69 Å². The largest absolute Gasteiger partial charge is 0.380 e. The van der Waals surface area contributed by atoms with Crippen LogP contribution in [0.5, 0.6) is 0 Å². The standard InChI is InChI=1S/C7H6BrFN2O2/c1-10-7-5(11(12)13)3-2-4(8)6(7)9/h2-3,10H,1H3. The van der Waals surface area contributed by atoms with E-state index in [4.69, 9.17) is 0 Å². The zero-order valence-corrected chi connectivity index (χ0v) is 8.26. The summed E-state index contributed by atoms with van der Waals surface area (Å²) in [5.74, 6) is -0.656. The topological polar surface area (TPSA) is 55.2 Å². The maximum Gasteiger partial charge on any atom is 0.295 e. The maximum atomic E-state index is 13.2. The third-order valence-electron chi connectivity index (χ3n) is 1.52. The molecule has 0 aliphatic carbocycles. The van der Waals surface area contributed by atoms with Gasteiger partial charge in [-0.2, -0.15) is 0 Å². The Kier molecular flexibility index (Phi) is 2.82. The second-order valence-electron chi connectivity index (χ2n) is 2.26. The average Bonchev–Trinajstić information content (AvgIpc) is 2.09. The Morgan fingerprint density at radius 1 is 1.62 bits per heavy atom. The quantitative estimate of drug-likeness (QED) is 0.647. The first-order valence-electron chi connectivity index (χ1n) is 3.38. The summed E-state index contributed by atoms with van der Waals surface area (Å²) in [6.07, 6.45) is 0. The van der Waals surface area contributed by atoms with Gasteiger partial charge in [0.2, 0.25) is 0 Å². The van der Waals surface area contributed by atoms with E-state index >= 15 is 0 Å². The molecule has 0 spiro atoms. The van der Waals surface area contributed by atoms with Gasteiger partial charge in [0.05, 0.1) is 9.40 Å². The van der Waals surface area contributed by atoms with Gasteiger partial charge in [-0.05, 0) is 22.0 Å². The van der Waals surface area contributed by atoms with Gasteiger partial charge in [-0.1, -0.05) is 0 Å². The van der Waals surface area contributed by atoms with Crippen LogP contribution in [0, 0.1) is 15.9 Å². The van der Waals surface area contributed by atoms with Crippen molar-refractivity contribution in [2.24, 2.45) is 0 Å². The van der Waals surface area contributed by atoms with Gasteiger partial charge in [0.1, 0.15) is 0 Å². The summed E-state index contributed by atoms with van der Waals surface area (Å²) < 4.78 is 13.4. The lowest BCUT2D eigenvalue weighted by molar-refractivity contribution is -0.384. The molecule has 0 bridgehead atoms. The number of rotatable bonds is 2. The van der Waals surface area contributed by atoms with Crippen LogP contribution in [-0.4, -0.2) is 12.0 Å². The van der Waals surface area contributed by atoms with Crippen molar-refractivity contribution in [3.63, 3.8) is 0 Å². The summed E-state index contributed by atoms with van der Waals surface area (Å²) in [5, 5.41) is 12.9. The number of anilines is 1. The molecule has 0 unspecified atom stereocenters. The second kappa shape index (κ2) is 3.69. The Morgan fingerprint density at radius 2 is 2.23 bits per heavy atom. The van der Waals surface area contributed by atoms with Crippen LogP contribution in [0.2, 0.25) is 0 Å². The van der Waals surface area contributed by atoms with Crippen LogP contribution in [0.25, 0.3) is 0 Å². The Labute approximate surface area is 82.0 Å². The van der Waals surface area contributed by atoms with E-state index < -0.39 is 10.7 Å². The van der Waals surface area contributed by atoms with Crippen molar-refractivity contribution in [3.05, 3.63) is 32.5 Å². The van der Waals surface area contributed by atoms with Crippen molar-refractivity contribution in [2.75, 3.05) is 12.4 Å².